The molecule has 0 bridgehead atoms. The maximum absolute atomic E-state index is 14.0. The largest absolute Gasteiger partial charge is 0.205 e. The van der Waals surface area contributed by atoms with Gasteiger partial charge >= 0.3 is 0 Å². The Morgan fingerprint density at radius 1 is 1.40 bits per heavy atom. The number of rotatable bonds is 0. The zero-order chi connectivity index (χ0) is 10.6. The van der Waals surface area contributed by atoms with E-state index >= 15 is 0 Å². The number of hydrogen-bond acceptors (Lipinski definition) is 1. The Kier molecular flexibility index (Phi) is 1.88. The lowest BCUT2D eigenvalue weighted by atomic mass is 10.0. The molecule has 0 radical (unpaired) electrons. The Morgan fingerprint density at radius 2 is 2.13 bits per heavy atom. The highest BCUT2D eigenvalue weighted by Gasteiger charge is 2.48. The van der Waals surface area contributed by atoms with Crippen LogP contribution >= 0.6 is 22.6 Å². The molecule has 1 fully saturated rings. The van der Waals surface area contributed by atoms with Gasteiger partial charge in [-0.2, -0.15) is 5.26 Å². The van der Waals surface area contributed by atoms with Crippen LogP contribution in [0.15, 0.2) is 6.07 Å². The molecule has 0 heterocycles. The van der Waals surface area contributed by atoms with Gasteiger partial charge in [-0.25, -0.2) is 4.39 Å². The van der Waals surface area contributed by atoms with Crippen LogP contribution in [0.4, 0.5) is 4.39 Å². The van der Waals surface area contributed by atoms with Crippen molar-refractivity contribution in [2.24, 2.45) is 5.41 Å². The molecule has 0 amide bonds. The summed E-state index contributed by atoms with van der Waals surface area (Å²) in [5.74, 6) is -0.145. The van der Waals surface area contributed by atoms with Gasteiger partial charge < -0.3 is 0 Å². The minimum absolute atomic E-state index is 0.145. The molecule has 1 aromatic carbocycles. The second-order valence-corrected chi connectivity index (χ2v) is 5.73. The van der Waals surface area contributed by atoms with Crippen LogP contribution in [0.3, 0.4) is 0 Å². The van der Waals surface area contributed by atoms with Gasteiger partial charge in [0.2, 0.25) is 0 Å². The van der Waals surface area contributed by atoms with E-state index in [1.54, 1.807) is 0 Å². The first-order chi connectivity index (χ1) is 7.15. The normalized spacial score (nSPS) is 20.1. The lowest BCUT2D eigenvalue weighted by Gasteiger charge is -2.04. The molecule has 3 heteroatoms. The van der Waals surface area contributed by atoms with Crippen LogP contribution in [-0.2, 0) is 12.8 Å². The fraction of sp³-hybridized carbons (Fsp3) is 0.417. The SMILES string of the molecule is N#Cc1cc2c(c(F)c1I)CC1(CC1)C2. The van der Waals surface area contributed by atoms with Crippen molar-refractivity contribution in [1.29, 1.82) is 5.26 Å². The molecule has 2 aliphatic rings. The van der Waals surface area contributed by atoms with Gasteiger partial charge in [0.15, 0.2) is 0 Å². The van der Waals surface area contributed by atoms with Gasteiger partial charge in [0, 0.05) is 0 Å². The van der Waals surface area contributed by atoms with Crippen LogP contribution in [0.2, 0.25) is 0 Å². The predicted molar refractivity (Wildman–Crippen MR) is 62.9 cm³/mol. The summed E-state index contributed by atoms with van der Waals surface area (Å²) in [6, 6.07) is 3.95. The minimum atomic E-state index is -0.145. The van der Waals surface area contributed by atoms with Crippen LogP contribution in [0.1, 0.15) is 29.5 Å². The first kappa shape index (κ1) is 9.59. The molecule has 0 unspecified atom stereocenters. The predicted octanol–water partition coefficient (Wildman–Crippen LogP) is 3.18. The van der Waals surface area contributed by atoms with E-state index in [0.717, 1.165) is 24.0 Å². The lowest BCUT2D eigenvalue weighted by molar-refractivity contribution is 0.534. The van der Waals surface area contributed by atoms with Crippen LogP contribution in [0.25, 0.3) is 0 Å². The summed E-state index contributed by atoms with van der Waals surface area (Å²) in [4.78, 5) is 0. The first-order valence-corrected chi connectivity index (χ1v) is 6.13. The molecule has 0 N–H and O–H groups in total. The maximum Gasteiger partial charge on any atom is 0.141 e. The van der Waals surface area contributed by atoms with Crippen molar-refractivity contribution in [3.63, 3.8) is 0 Å². The van der Waals surface area contributed by atoms with Crippen LogP contribution < -0.4 is 0 Å². The number of hydrogen-bond donors (Lipinski definition) is 0. The molecule has 1 nitrogen and oxygen atoms in total. The molecule has 1 saturated carbocycles. The Morgan fingerprint density at radius 3 is 2.73 bits per heavy atom. The number of nitrogens with zero attached hydrogens (tertiary/aromatic N) is 1. The summed E-state index contributed by atoms with van der Waals surface area (Å²) in [7, 11) is 0. The highest BCUT2D eigenvalue weighted by atomic mass is 127. The van der Waals surface area contributed by atoms with E-state index in [2.05, 4.69) is 6.07 Å². The van der Waals surface area contributed by atoms with Crippen molar-refractivity contribution in [3.8, 4) is 6.07 Å². The quantitative estimate of drug-likeness (QED) is 0.675. The smallest absolute Gasteiger partial charge is 0.141 e. The monoisotopic (exact) mass is 313 g/mol. The van der Waals surface area contributed by atoms with Gasteiger partial charge in [0.25, 0.3) is 0 Å². The summed E-state index contributed by atoms with van der Waals surface area (Å²) in [6.07, 6.45) is 4.31. The van der Waals surface area contributed by atoms with Gasteiger partial charge in [0.05, 0.1) is 9.13 Å². The second-order valence-electron chi connectivity index (χ2n) is 4.66. The van der Waals surface area contributed by atoms with E-state index in [4.69, 9.17) is 5.26 Å². The molecular weight excluding hydrogens is 304 g/mol. The Balaban J connectivity index is 2.18. The Bertz CT molecular complexity index is 497. The third kappa shape index (κ3) is 1.31. The van der Waals surface area contributed by atoms with E-state index < -0.39 is 0 Å². The third-order valence-corrected chi connectivity index (χ3v) is 4.65. The van der Waals surface area contributed by atoms with Gasteiger partial charge in [0.1, 0.15) is 11.9 Å². The highest BCUT2D eigenvalue weighted by Crippen LogP contribution is 2.56. The lowest BCUT2D eigenvalue weighted by Crippen LogP contribution is -1.98. The van der Waals surface area contributed by atoms with Crippen LogP contribution in [-0.4, -0.2) is 0 Å². The van der Waals surface area contributed by atoms with E-state index in [9.17, 15) is 4.39 Å². The minimum Gasteiger partial charge on any atom is -0.205 e. The molecule has 0 saturated heterocycles. The van der Waals surface area contributed by atoms with Crippen molar-refractivity contribution in [1.82, 2.24) is 0 Å². The van der Waals surface area contributed by atoms with E-state index in [-0.39, 0.29) is 5.82 Å². The molecule has 76 valence electrons. The molecule has 0 atom stereocenters. The van der Waals surface area contributed by atoms with Crippen molar-refractivity contribution >= 4 is 22.6 Å². The number of halogens is 2. The summed E-state index contributed by atoms with van der Waals surface area (Å²) in [5, 5.41) is 8.90. The van der Waals surface area contributed by atoms with E-state index in [0.29, 0.717) is 14.5 Å². The van der Waals surface area contributed by atoms with Gasteiger partial charge in [-0.3, -0.25) is 0 Å². The molecular formula is C12H9FIN. The molecule has 2 aliphatic carbocycles. The number of benzene rings is 1. The molecule has 0 aliphatic heterocycles. The summed E-state index contributed by atoms with van der Waals surface area (Å²) >= 11 is 1.93. The molecule has 3 rings (SSSR count). The fourth-order valence-corrected chi connectivity index (χ4v) is 3.12. The van der Waals surface area contributed by atoms with Crippen LogP contribution in [0.5, 0.6) is 0 Å². The number of nitriles is 1. The maximum atomic E-state index is 14.0. The molecule has 1 aromatic rings. The van der Waals surface area contributed by atoms with Crippen molar-refractivity contribution in [2.75, 3.05) is 0 Å². The van der Waals surface area contributed by atoms with Gasteiger partial charge in [-0.1, -0.05) is 0 Å². The van der Waals surface area contributed by atoms with Crippen LogP contribution in [0, 0.1) is 26.1 Å². The molecule has 1 spiro atoms. The average Bonchev–Trinajstić information content (AvgIpc) is 2.85. The Labute approximate surface area is 101 Å². The average molecular weight is 313 g/mol. The van der Waals surface area contributed by atoms with Crippen molar-refractivity contribution in [3.05, 3.63) is 32.1 Å². The topological polar surface area (TPSA) is 23.8 Å². The summed E-state index contributed by atoms with van der Waals surface area (Å²) in [6.45, 7) is 0. The molecule has 15 heavy (non-hydrogen) atoms. The zero-order valence-electron chi connectivity index (χ0n) is 8.11. The standard InChI is InChI=1S/C12H9FIN/c13-10-9-5-12(1-2-12)4-7(9)3-8(6-15)11(10)14/h3H,1-2,4-5H2. The Hall–Kier alpha value is -0.630. The van der Waals surface area contributed by atoms with Crippen molar-refractivity contribution < 1.29 is 4.39 Å². The fourth-order valence-electron chi connectivity index (χ4n) is 2.52. The number of fused-ring (bicyclic) bond motifs is 1. The molecule has 0 aromatic heterocycles. The summed E-state index contributed by atoms with van der Waals surface area (Å²) in [5.41, 5.74) is 2.81. The van der Waals surface area contributed by atoms with Gasteiger partial charge in [-0.15, -0.1) is 0 Å². The van der Waals surface area contributed by atoms with E-state index in [1.165, 1.54) is 12.8 Å². The van der Waals surface area contributed by atoms with Crippen molar-refractivity contribution in [2.45, 2.75) is 25.7 Å². The summed E-state index contributed by atoms with van der Waals surface area (Å²) < 4.78 is 14.5. The van der Waals surface area contributed by atoms with E-state index in [1.807, 2.05) is 28.7 Å². The third-order valence-electron chi connectivity index (χ3n) is 3.60. The second kappa shape index (κ2) is 2.94. The first-order valence-electron chi connectivity index (χ1n) is 5.05. The highest BCUT2D eigenvalue weighted by molar-refractivity contribution is 14.1. The van der Waals surface area contributed by atoms with Gasteiger partial charge in [-0.05, 0) is 70.9 Å². The zero-order valence-corrected chi connectivity index (χ0v) is 10.3.